The van der Waals surface area contributed by atoms with Crippen LogP contribution in [0, 0.1) is 13.8 Å². The van der Waals surface area contributed by atoms with Gasteiger partial charge in [0.05, 0.1) is 10.6 Å². The van der Waals surface area contributed by atoms with Crippen LogP contribution in [0.4, 0.5) is 5.13 Å². The maximum atomic E-state index is 12.4. The van der Waals surface area contributed by atoms with Crippen molar-refractivity contribution < 1.29 is 13.2 Å². The lowest BCUT2D eigenvalue weighted by molar-refractivity contribution is -0.115. The smallest absolute Gasteiger partial charge is 0.227 e. The molecule has 3 aromatic rings. The lowest BCUT2D eigenvalue weighted by Gasteiger charge is -2.05. The molecule has 2 aromatic carbocycles. The third-order valence-corrected chi connectivity index (χ3v) is 7.44. The summed E-state index contributed by atoms with van der Waals surface area (Å²) in [6.45, 7) is 3.84. The van der Waals surface area contributed by atoms with Gasteiger partial charge in [-0.25, -0.2) is 13.4 Å². The molecule has 0 saturated carbocycles. The van der Waals surface area contributed by atoms with Gasteiger partial charge >= 0.3 is 0 Å². The van der Waals surface area contributed by atoms with Gasteiger partial charge in [-0.2, -0.15) is 0 Å². The van der Waals surface area contributed by atoms with Gasteiger partial charge in [0.15, 0.2) is 15.0 Å². The van der Waals surface area contributed by atoms with Gasteiger partial charge in [-0.15, -0.1) is 11.3 Å². The van der Waals surface area contributed by atoms with E-state index >= 15 is 0 Å². The van der Waals surface area contributed by atoms with E-state index in [1.165, 1.54) is 11.3 Å². The molecule has 1 aromatic heterocycles. The van der Waals surface area contributed by atoms with Crippen molar-refractivity contribution in [2.24, 2.45) is 0 Å². The molecule has 0 aliphatic heterocycles. The van der Waals surface area contributed by atoms with Gasteiger partial charge in [-0.05, 0) is 43.2 Å². The molecular formula is C21H21ClN2O3S2. The van der Waals surface area contributed by atoms with Gasteiger partial charge in [0.2, 0.25) is 5.91 Å². The number of rotatable bonds is 7. The average molecular weight is 449 g/mol. The van der Waals surface area contributed by atoms with Crippen LogP contribution in [0.3, 0.4) is 0 Å². The van der Waals surface area contributed by atoms with Crippen molar-refractivity contribution in [3.05, 3.63) is 75.3 Å². The molecule has 0 saturated heterocycles. The van der Waals surface area contributed by atoms with Crippen LogP contribution in [0.5, 0.6) is 0 Å². The first-order chi connectivity index (χ1) is 13.7. The molecule has 0 aliphatic carbocycles. The van der Waals surface area contributed by atoms with E-state index in [9.17, 15) is 13.2 Å². The number of nitrogens with one attached hydrogen (secondary N) is 1. The van der Waals surface area contributed by atoms with Gasteiger partial charge in [0.1, 0.15) is 0 Å². The summed E-state index contributed by atoms with van der Waals surface area (Å²) in [5.74, 6) is -0.623. The van der Waals surface area contributed by atoms with E-state index in [0.29, 0.717) is 11.6 Å². The fourth-order valence-electron chi connectivity index (χ4n) is 2.67. The van der Waals surface area contributed by atoms with Crippen LogP contribution in [0.15, 0.2) is 53.6 Å². The van der Waals surface area contributed by atoms with Crippen LogP contribution in [0.1, 0.15) is 28.0 Å². The molecule has 29 heavy (non-hydrogen) atoms. The summed E-state index contributed by atoms with van der Waals surface area (Å²) in [6.07, 6.45) is 2.24. The normalized spacial score (nSPS) is 11.4. The van der Waals surface area contributed by atoms with Crippen LogP contribution in [-0.2, 0) is 21.1 Å². The molecule has 1 N–H and O–H groups in total. The predicted octanol–water partition coefficient (Wildman–Crippen LogP) is 4.81. The summed E-state index contributed by atoms with van der Waals surface area (Å²) in [5.41, 5.74) is 3.06. The van der Waals surface area contributed by atoms with Gasteiger partial charge < -0.3 is 5.32 Å². The van der Waals surface area contributed by atoms with Crippen molar-refractivity contribution in [1.82, 2.24) is 4.98 Å². The van der Waals surface area contributed by atoms with Gasteiger partial charge in [0, 0.05) is 28.9 Å². The third-order valence-electron chi connectivity index (χ3n) is 4.39. The number of hydrogen-bond donors (Lipinski definition) is 1. The summed E-state index contributed by atoms with van der Waals surface area (Å²) >= 11 is 7.52. The highest BCUT2D eigenvalue weighted by molar-refractivity contribution is 7.91. The summed E-state index contributed by atoms with van der Waals surface area (Å²) in [4.78, 5) is 17.6. The molecular weight excluding hydrogens is 428 g/mol. The number of halogens is 1. The number of carbonyl (C=O) groups is 1. The summed E-state index contributed by atoms with van der Waals surface area (Å²) < 4.78 is 24.7. The minimum atomic E-state index is -3.50. The first-order valence-corrected chi connectivity index (χ1v) is 11.9. The van der Waals surface area contributed by atoms with E-state index in [1.807, 2.05) is 32.0 Å². The highest BCUT2D eigenvalue weighted by Crippen LogP contribution is 2.24. The number of amides is 1. The zero-order valence-electron chi connectivity index (χ0n) is 16.1. The molecule has 5 nitrogen and oxygen atoms in total. The second kappa shape index (κ2) is 9.07. The fraction of sp³-hybridized carbons (Fsp3) is 0.238. The van der Waals surface area contributed by atoms with Crippen LogP contribution >= 0.6 is 22.9 Å². The predicted molar refractivity (Wildman–Crippen MR) is 118 cm³/mol. The van der Waals surface area contributed by atoms with E-state index in [-0.39, 0.29) is 23.0 Å². The Morgan fingerprint density at radius 2 is 1.86 bits per heavy atom. The molecule has 152 valence electrons. The number of sulfone groups is 1. The Morgan fingerprint density at radius 1 is 1.14 bits per heavy atom. The molecule has 3 rings (SSSR count). The number of nitrogens with zero attached hydrogens (tertiary/aromatic N) is 1. The number of thiazole rings is 1. The van der Waals surface area contributed by atoms with Gasteiger partial charge in [-0.1, -0.05) is 41.4 Å². The van der Waals surface area contributed by atoms with Crippen molar-refractivity contribution in [2.45, 2.75) is 31.6 Å². The van der Waals surface area contributed by atoms with E-state index in [4.69, 9.17) is 11.6 Å². The Kier molecular flexibility index (Phi) is 6.72. The van der Waals surface area contributed by atoms with Gasteiger partial charge in [0.25, 0.3) is 0 Å². The summed E-state index contributed by atoms with van der Waals surface area (Å²) in [7, 11) is -3.50. The van der Waals surface area contributed by atoms with Crippen molar-refractivity contribution >= 4 is 43.8 Å². The first kappa shape index (κ1) is 21.5. The monoisotopic (exact) mass is 448 g/mol. The van der Waals surface area contributed by atoms with E-state index in [2.05, 4.69) is 10.3 Å². The highest BCUT2D eigenvalue weighted by atomic mass is 35.5. The van der Waals surface area contributed by atoms with Crippen LogP contribution in [0.25, 0.3) is 0 Å². The van der Waals surface area contributed by atoms with E-state index in [0.717, 1.165) is 26.6 Å². The Balaban J connectivity index is 1.56. The second-order valence-electron chi connectivity index (χ2n) is 6.82. The SMILES string of the molecule is Cc1ccc(S(=O)(=O)CCC(=O)Nc2ncc(Cc3ccc(C)c(Cl)c3)s2)cc1. The molecule has 0 atom stereocenters. The molecule has 0 bridgehead atoms. The maximum absolute atomic E-state index is 12.4. The number of aryl methyl sites for hydroxylation is 2. The largest absolute Gasteiger partial charge is 0.302 e. The van der Waals surface area contributed by atoms with Gasteiger partial charge in [-0.3, -0.25) is 4.79 Å². The average Bonchev–Trinajstić information content (AvgIpc) is 3.10. The van der Waals surface area contributed by atoms with Crippen LogP contribution in [-0.4, -0.2) is 25.1 Å². The first-order valence-electron chi connectivity index (χ1n) is 9.02. The number of benzene rings is 2. The Hall–Kier alpha value is -2.22. The van der Waals surface area contributed by atoms with Crippen LogP contribution < -0.4 is 5.32 Å². The quantitative estimate of drug-likeness (QED) is 0.562. The number of carbonyl (C=O) groups excluding carboxylic acids is 1. The molecule has 0 unspecified atom stereocenters. The number of aromatic nitrogens is 1. The zero-order chi connectivity index (χ0) is 21.0. The highest BCUT2D eigenvalue weighted by Gasteiger charge is 2.17. The standard InChI is InChI=1S/C21H21ClN2O3S2/c1-14-3-7-18(8-4-14)29(26,27)10-9-20(25)24-21-23-13-17(28-21)11-16-6-5-15(2)19(22)12-16/h3-8,12-13H,9-11H2,1-2H3,(H,23,24,25). The summed E-state index contributed by atoms with van der Waals surface area (Å²) in [6, 6.07) is 12.5. The summed E-state index contributed by atoms with van der Waals surface area (Å²) in [5, 5.41) is 3.85. The Labute approximate surface area is 179 Å². The number of anilines is 1. The molecule has 0 fully saturated rings. The topological polar surface area (TPSA) is 76.1 Å². The second-order valence-corrected chi connectivity index (χ2v) is 10.5. The van der Waals surface area contributed by atoms with E-state index in [1.54, 1.807) is 30.5 Å². The lowest BCUT2D eigenvalue weighted by atomic mass is 10.1. The molecule has 0 aliphatic rings. The molecule has 0 radical (unpaired) electrons. The van der Waals surface area contributed by atoms with Crippen LogP contribution in [0.2, 0.25) is 5.02 Å². The van der Waals surface area contributed by atoms with Crippen molar-refractivity contribution in [3.63, 3.8) is 0 Å². The molecule has 1 amide bonds. The number of hydrogen-bond acceptors (Lipinski definition) is 5. The molecule has 8 heteroatoms. The Morgan fingerprint density at radius 3 is 2.55 bits per heavy atom. The van der Waals surface area contributed by atoms with Crippen molar-refractivity contribution in [2.75, 3.05) is 11.1 Å². The molecule has 0 spiro atoms. The molecule has 1 heterocycles. The fourth-order valence-corrected chi connectivity index (χ4v) is 4.97. The zero-order valence-corrected chi connectivity index (χ0v) is 18.5. The maximum Gasteiger partial charge on any atom is 0.227 e. The Bertz CT molecular complexity index is 1120. The minimum absolute atomic E-state index is 0.126. The van der Waals surface area contributed by atoms with Crippen molar-refractivity contribution in [1.29, 1.82) is 0 Å². The third kappa shape index (κ3) is 5.88. The lowest BCUT2D eigenvalue weighted by Crippen LogP contribution is -2.17. The van der Waals surface area contributed by atoms with E-state index < -0.39 is 9.84 Å². The minimum Gasteiger partial charge on any atom is -0.302 e. The van der Waals surface area contributed by atoms with Crippen molar-refractivity contribution in [3.8, 4) is 0 Å².